The van der Waals surface area contributed by atoms with Crippen molar-refractivity contribution in [3.05, 3.63) is 59.1 Å². The summed E-state index contributed by atoms with van der Waals surface area (Å²) in [5.41, 5.74) is 1.05. The SMILES string of the molecule is CC[C@@H](C(=O)NC(C)C)N(Cc1ccccc1)C(=O)CN(c1ccc(OC)c(Cl)c1)S(C)(=O)=O. The predicted octanol–water partition coefficient (Wildman–Crippen LogP) is 3.45. The lowest BCUT2D eigenvalue weighted by atomic mass is 10.1. The summed E-state index contributed by atoms with van der Waals surface area (Å²) < 4.78 is 31.4. The molecule has 0 radical (unpaired) electrons. The zero-order valence-corrected chi connectivity index (χ0v) is 21.7. The van der Waals surface area contributed by atoms with Gasteiger partial charge in [-0.05, 0) is 44.0 Å². The van der Waals surface area contributed by atoms with Gasteiger partial charge in [-0.15, -0.1) is 0 Å². The van der Waals surface area contributed by atoms with Gasteiger partial charge in [-0.25, -0.2) is 8.42 Å². The number of amides is 2. The lowest BCUT2D eigenvalue weighted by Gasteiger charge is -2.33. The van der Waals surface area contributed by atoms with E-state index in [1.54, 1.807) is 0 Å². The van der Waals surface area contributed by atoms with Crippen molar-refractivity contribution in [2.24, 2.45) is 0 Å². The number of hydrogen-bond donors (Lipinski definition) is 1. The summed E-state index contributed by atoms with van der Waals surface area (Å²) in [6.07, 6.45) is 1.38. The molecule has 0 aliphatic heterocycles. The Morgan fingerprint density at radius 3 is 2.26 bits per heavy atom. The van der Waals surface area contributed by atoms with Crippen LogP contribution in [-0.4, -0.2) is 57.1 Å². The van der Waals surface area contributed by atoms with Crippen LogP contribution in [0.1, 0.15) is 32.8 Å². The molecule has 0 aromatic heterocycles. The smallest absolute Gasteiger partial charge is 0.244 e. The van der Waals surface area contributed by atoms with Crippen molar-refractivity contribution < 1.29 is 22.7 Å². The van der Waals surface area contributed by atoms with Gasteiger partial charge in [0.15, 0.2) is 0 Å². The molecule has 0 aliphatic rings. The van der Waals surface area contributed by atoms with Gasteiger partial charge in [0.1, 0.15) is 18.3 Å². The molecule has 0 aliphatic carbocycles. The maximum atomic E-state index is 13.6. The molecule has 1 atom stereocenters. The number of rotatable bonds is 11. The minimum Gasteiger partial charge on any atom is -0.495 e. The second kappa shape index (κ2) is 12.1. The minimum absolute atomic E-state index is 0.107. The van der Waals surface area contributed by atoms with E-state index in [1.807, 2.05) is 51.1 Å². The highest BCUT2D eigenvalue weighted by molar-refractivity contribution is 7.92. The van der Waals surface area contributed by atoms with E-state index < -0.39 is 28.5 Å². The lowest BCUT2D eigenvalue weighted by molar-refractivity contribution is -0.140. The van der Waals surface area contributed by atoms with Crippen LogP contribution in [0.25, 0.3) is 0 Å². The molecule has 2 aromatic carbocycles. The summed E-state index contributed by atoms with van der Waals surface area (Å²) in [7, 11) is -2.39. The predicted molar refractivity (Wildman–Crippen MR) is 135 cm³/mol. The second-order valence-corrected chi connectivity index (χ2v) is 10.5. The van der Waals surface area contributed by atoms with E-state index >= 15 is 0 Å². The number of nitrogens with one attached hydrogen (secondary N) is 1. The highest BCUT2D eigenvalue weighted by atomic mass is 35.5. The van der Waals surface area contributed by atoms with Crippen LogP contribution < -0.4 is 14.4 Å². The molecule has 0 fully saturated rings. The van der Waals surface area contributed by atoms with E-state index in [1.165, 1.54) is 30.2 Å². The fourth-order valence-corrected chi connectivity index (χ4v) is 4.60. The monoisotopic (exact) mass is 509 g/mol. The number of carbonyl (C=O) groups is 2. The molecule has 0 unspecified atom stereocenters. The Balaban J connectivity index is 2.44. The van der Waals surface area contributed by atoms with E-state index in [4.69, 9.17) is 16.3 Å². The van der Waals surface area contributed by atoms with Gasteiger partial charge in [0, 0.05) is 12.6 Å². The summed E-state index contributed by atoms with van der Waals surface area (Å²) in [4.78, 5) is 27.9. The Kier molecular flexibility index (Phi) is 9.76. The zero-order valence-electron chi connectivity index (χ0n) is 20.1. The van der Waals surface area contributed by atoms with Crippen molar-refractivity contribution in [2.45, 2.75) is 45.8 Å². The fraction of sp³-hybridized carbons (Fsp3) is 0.417. The Hall–Kier alpha value is -2.78. The van der Waals surface area contributed by atoms with Gasteiger partial charge < -0.3 is 15.0 Å². The van der Waals surface area contributed by atoms with Gasteiger partial charge in [0.2, 0.25) is 21.8 Å². The van der Waals surface area contributed by atoms with Gasteiger partial charge in [-0.2, -0.15) is 0 Å². The maximum absolute atomic E-state index is 13.6. The highest BCUT2D eigenvalue weighted by Gasteiger charge is 2.32. The summed E-state index contributed by atoms with van der Waals surface area (Å²) >= 11 is 6.20. The summed E-state index contributed by atoms with van der Waals surface area (Å²) in [5, 5.41) is 3.07. The normalized spacial score (nSPS) is 12.2. The molecule has 2 amide bonds. The summed E-state index contributed by atoms with van der Waals surface area (Å²) in [6, 6.07) is 12.9. The first-order valence-corrected chi connectivity index (χ1v) is 13.2. The molecular formula is C24H32ClN3O5S. The van der Waals surface area contributed by atoms with E-state index in [-0.39, 0.29) is 29.2 Å². The van der Waals surface area contributed by atoms with Crippen LogP contribution in [-0.2, 0) is 26.2 Å². The number of benzene rings is 2. The Morgan fingerprint density at radius 1 is 1.12 bits per heavy atom. The second-order valence-electron chi connectivity index (χ2n) is 8.18. The molecule has 0 spiro atoms. The largest absolute Gasteiger partial charge is 0.495 e. The van der Waals surface area contributed by atoms with Crippen LogP contribution in [0.4, 0.5) is 5.69 Å². The number of sulfonamides is 1. The number of ether oxygens (including phenoxy) is 1. The van der Waals surface area contributed by atoms with Crippen LogP contribution >= 0.6 is 11.6 Å². The van der Waals surface area contributed by atoms with Gasteiger partial charge in [0.25, 0.3) is 0 Å². The molecule has 34 heavy (non-hydrogen) atoms. The molecule has 8 nitrogen and oxygen atoms in total. The van der Waals surface area contributed by atoms with Crippen molar-refractivity contribution in [1.29, 1.82) is 0 Å². The van der Waals surface area contributed by atoms with Crippen molar-refractivity contribution in [3.63, 3.8) is 0 Å². The minimum atomic E-state index is -3.84. The molecule has 2 rings (SSSR count). The molecule has 0 heterocycles. The highest BCUT2D eigenvalue weighted by Crippen LogP contribution is 2.30. The number of halogens is 1. The number of carbonyl (C=O) groups excluding carboxylic acids is 2. The van der Waals surface area contributed by atoms with E-state index in [2.05, 4.69) is 5.32 Å². The molecule has 2 aromatic rings. The standard InChI is InChI=1S/C24H32ClN3O5S/c1-6-21(24(30)26-17(2)3)27(15-18-10-8-7-9-11-18)23(29)16-28(34(5,31)32)19-12-13-22(33-4)20(25)14-19/h7-14,17,21H,6,15-16H2,1-5H3,(H,26,30)/t21-/m0/s1. The summed E-state index contributed by atoms with van der Waals surface area (Å²) in [6.45, 7) is 5.16. The average molecular weight is 510 g/mol. The van der Waals surface area contributed by atoms with Gasteiger partial charge in [0.05, 0.1) is 24.1 Å². The fourth-order valence-electron chi connectivity index (χ4n) is 3.50. The number of hydrogen-bond acceptors (Lipinski definition) is 5. The van der Waals surface area contributed by atoms with Crippen LogP contribution in [0.2, 0.25) is 5.02 Å². The first-order chi connectivity index (χ1) is 16.0. The maximum Gasteiger partial charge on any atom is 0.244 e. The number of nitrogens with zero attached hydrogens (tertiary/aromatic N) is 2. The van der Waals surface area contributed by atoms with Crippen molar-refractivity contribution in [2.75, 3.05) is 24.2 Å². The Labute approximate surface area is 206 Å². The van der Waals surface area contributed by atoms with Gasteiger partial charge in [-0.1, -0.05) is 48.9 Å². The van der Waals surface area contributed by atoms with E-state index in [0.717, 1.165) is 16.1 Å². The van der Waals surface area contributed by atoms with Crippen LogP contribution in [0.15, 0.2) is 48.5 Å². The van der Waals surface area contributed by atoms with Crippen molar-refractivity contribution in [3.8, 4) is 5.75 Å². The van der Waals surface area contributed by atoms with E-state index in [9.17, 15) is 18.0 Å². The average Bonchev–Trinajstić information content (AvgIpc) is 2.76. The van der Waals surface area contributed by atoms with Crippen molar-refractivity contribution in [1.82, 2.24) is 10.2 Å². The summed E-state index contributed by atoms with van der Waals surface area (Å²) in [5.74, 6) is -0.417. The topological polar surface area (TPSA) is 96.0 Å². The first kappa shape index (κ1) is 27.5. The molecule has 1 N–H and O–H groups in total. The first-order valence-electron chi connectivity index (χ1n) is 10.9. The molecule has 0 saturated carbocycles. The van der Waals surface area contributed by atoms with Crippen LogP contribution in [0.3, 0.4) is 0 Å². The van der Waals surface area contributed by atoms with Gasteiger partial charge in [-0.3, -0.25) is 13.9 Å². The number of anilines is 1. The molecule has 10 heteroatoms. The lowest BCUT2D eigenvalue weighted by Crippen LogP contribution is -2.53. The molecule has 186 valence electrons. The van der Waals surface area contributed by atoms with Crippen LogP contribution in [0.5, 0.6) is 5.75 Å². The van der Waals surface area contributed by atoms with Crippen LogP contribution in [0, 0.1) is 0 Å². The Morgan fingerprint density at radius 2 is 1.76 bits per heavy atom. The third kappa shape index (κ3) is 7.36. The molecule has 0 saturated heterocycles. The van der Waals surface area contributed by atoms with Gasteiger partial charge >= 0.3 is 0 Å². The Bertz CT molecular complexity index is 1090. The van der Waals surface area contributed by atoms with Crippen molar-refractivity contribution >= 4 is 39.1 Å². The third-order valence-electron chi connectivity index (χ3n) is 5.12. The molecule has 0 bridgehead atoms. The third-order valence-corrected chi connectivity index (χ3v) is 6.55. The zero-order chi connectivity index (χ0) is 25.5. The number of methoxy groups -OCH3 is 1. The molecular weight excluding hydrogens is 478 g/mol. The van der Waals surface area contributed by atoms with E-state index in [0.29, 0.717) is 12.2 Å². The quantitative estimate of drug-likeness (QED) is 0.500.